The second-order valence-corrected chi connectivity index (χ2v) is 5.96. The highest BCUT2D eigenvalue weighted by atomic mass is 16.5. The quantitative estimate of drug-likeness (QED) is 0.604. The van der Waals surface area contributed by atoms with Crippen molar-refractivity contribution in [2.45, 2.75) is 19.9 Å². The molecule has 4 aromatic heterocycles. The Kier molecular flexibility index (Phi) is 3.96. The molecule has 0 aliphatic rings. The maximum Gasteiger partial charge on any atom is 0.259 e. The molecule has 0 aromatic carbocycles. The van der Waals surface area contributed by atoms with Crippen LogP contribution in [0.15, 0.2) is 57.9 Å². The molecule has 7 nitrogen and oxygen atoms in total. The Labute approximate surface area is 149 Å². The Bertz CT molecular complexity index is 1060. The molecule has 1 atom stereocenters. The van der Waals surface area contributed by atoms with Gasteiger partial charge in [-0.25, -0.2) is 4.98 Å². The topological polar surface area (TPSA) is 94.0 Å². The van der Waals surface area contributed by atoms with Crippen LogP contribution in [0.25, 0.3) is 22.6 Å². The van der Waals surface area contributed by atoms with Gasteiger partial charge in [-0.1, -0.05) is 5.16 Å². The highest BCUT2D eigenvalue weighted by Gasteiger charge is 2.21. The molecule has 0 radical (unpaired) electrons. The van der Waals surface area contributed by atoms with Crippen molar-refractivity contribution in [3.05, 3.63) is 65.8 Å². The van der Waals surface area contributed by atoms with Gasteiger partial charge in [-0.15, -0.1) is 0 Å². The molecular weight excluding hydrogens is 332 g/mol. The van der Waals surface area contributed by atoms with Gasteiger partial charge in [-0.3, -0.25) is 9.78 Å². The largest absolute Gasteiger partial charge is 0.463 e. The van der Waals surface area contributed by atoms with Gasteiger partial charge in [0.25, 0.3) is 11.6 Å². The van der Waals surface area contributed by atoms with Crippen molar-refractivity contribution in [1.29, 1.82) is 0 Å². The van der Waals surface area contributed by atoms with E-state index < -0.39 is 0 Å². The summed E-state index contributed by atoms with van der Waals surface area (Å²) >= 11 is 0. The molecule has 1 N–H and O–H groups in total. The average molecular weight is 348 g/mol. The zero-order valence-corrected chi connectivity index (χ0v) is 14.3. The number of aryl methyl sites for hydroxylation is 1. The van der Waals surface area contributed by atoms with E-state index >= 15 is 0 Å². The van der Waals surface area contributed by atoms with Crippen molar-refractivity contribution < 1.29 is 13.7 Å². The first kappa shape index (κ1) is 16.0. The third-order valence-electron chi connectivity index (χ3n) is 4.19. The Hall–Kier alpha value is -3.48. The summed E-state index contributed by atoms with van der Waals surface area (Å²) in [6, 6.07) is 8.79. The molecule has 0 aliphatic carbocycles. The lowest BCUT2D eigenvalue weighted by Crippen LogP contribution is -2.27. The zero-order chi connectivity index (χ0) is 18.1. The van der Waals surface area contributed by atoms with E-state index in [-0.39, 0.29) is 11.9 Å². The summed E-state index contributed by atoms with van der Waals surface area (Å²) in [6.45, 7) is 3.70. The lowest BCUT2D eigenvalue weighted by Gasteiger charge is -2.14. The minimum Gasteiger partial charge on any atom is -0.463 e. The van der Waals surface area contributed by atoms with Gasteiger partial charge in [0.05, 0.1) is 28.9 Å². The minimum absolute atomic E-state index is 0.180. The normalized spacial score (nSPS) is 12.2. The molecule has 0 saturated heterocycles. The fraction of sp³-hybridized carbons (Fsp3) is 0.158. The van der Waals surface area contributed by atoms with Crippen molar-refractivity contribution in [3.63, 3.8) is 0 Å². The number of hydrogen-bond acceptors (Lipinski definition) is 6. The summed E-state index contributed by atoms with van der Waals surface area (Å²) < 4.78 is 10.7. The fourth-order valence-electron chi connectivity index (χ4n) is 2.83. The van der Waals surface area contributed by atoms with Crippen LogP contribution in [0.4, 0.5) is 0 Å². The molecule has 7 heteroatoms. The SMILES string of the molecule is Cc1noc2nc(-c3ccco3)cc(C(=O)N[C@H](C)c3ccncc3)c12. The summed E-state index contributed by atoms with van der Waals surface area (Å²) in [5.41, 5.74) is 2.84. The summed E-state index contributed by atoms with van der Waals surface area (Å²) in [5, 5.41) is 7.54. The lowest BCUT2D eigenvalue weighted by molar-refractivity contribution is 0.0941. The van der Waals surface area contributed by atoms with Gasteiger partial charge in [0.1, 0.15) is 5.69 Å². The lowest BCUT2D eigenvalue weighted by atomic mass is 10.1. The molecule has 4 heterocycles. The van der Waals surface area contributed by atoms with E-state index in [1.54, 1.807) is 43.8 Å². The Morgan fingerprint density at radius 2 is 2.04 bits per heavy atom. The van der Waals surface area contributed by atoms with Crippen LogP contribution in [0, 0.1) is 6.92 Å². The standard InChI is InChI=1S/C19H16N4O3/c1-11(13-5-7-20-8-6-13)21-18(24)14-10-15(16-4-3-9-25-16)22-19-17(14)12(2)23-26-19/h3-11H,1-2H3,(H,21,24)/t11-/m1/s1. The van der Waals surface area contributed by atoms with Gasteiger partial charge in [0.15, 0.2) is 5.76 Å². The predicted octanol–water partition coefficient (Wildman–Crippen LogP) is 3.68. The number of nitrogens with zero attached hydrogens (tertiary/aromatic N) is 3. The molecule has 0 bridgehead atoms. The van der Waals surface area contributed by atoms with Crippen LogP contribution < -0.4 is 5.32 Å². The molecule has 1 amide bonds. The number of hydrogen-bond donors (Lipinski definition) is 1. The summed E-state index contributed by atoms with van der Waals surface area (Å²) in [5.74, 6) is 0.318. The molecule has 0 unspecified atom stereocenters. The predicted molar refractivity (Wildman–Crippen MR) is 94.4 cm³/mol. The number of carbonyl (C=O) groups is 1. The van der Waals surface area contributed by atoms with Gasteiger partial charge >= 0.3 is 0 Å². The van der Waals surface area contributed by atoms with Crippen molar-refractivity contribution in [2.75, 3.05) is 0 Å². The van der Waals surface area contributed by atoms with E-state index in [2.05, 4.69) is 20.4 Å². The number of furan rings is 1. The van der Waals surface area contributed by atoms with Gasteiger partial charge in [-0.05, 0) is 49.7 Å². The molecule has 26 heavy (non-hydrogen) atoms. The molecule has 4 aromatic rings. The number of aromatic nitrogens is 3. The molecule has 130 valence electrons. The maximum atomic E-state index is 13.0. The Morgan fingerprint density at radius 3 is 2.77 bits per heavy atom. The Balaban J connectivity index is 1.74. The number of pyridine rings is 2. The van der Waals surface area contributed by atoms with Crippen molar-refractivity contribution >= 4 is 17.0 Å². The number of amides is 1. The molecular formula is C19H16N4O3. The monoisotopic (exact) mass is 348 g/mol. The van der Waals surface area contributed by atoms with E-state index in [9.17, 15) is 4.79 Å². The third-order valence-corrected chi connectivity index (χ3v) is 4.19. The number of rotatable bonds is 4. The van der Waals surface area contributed by atoms with E-state index in [1.807, 2.05) is 19.1 Å². The van der Waals surface area contributed by atoms with E-state index in [0.29, 0.717) is 33.8 Å². The van der Waals surface area contributed by atoms with Crippen LogP contribution >= 0.6 is 0 Å². The van der Waals surface area contributed by atoms with Crippen molar-refractivity contribution in [3.8, 4) is 11.5 Å². The molecule has 4 rings (SSSR count). The zero-order valence-electron chi connectivity index (χ0n) is 14.3. The first-order valence-electron chi connectivity index (χ1n) is 8.15. The Morgan fingerprint density at radius 1 is 1.23 bits per heavy atom. The second kappa shape index (κ2) is 6.44. The fourth-order valence-corrected chi connectivity index (χ4v) is 2.83. The van der Waals surface area contributed by atoms with Gasteiger partial charge in [-0.2, -0.15) is 0 Å². The maximum absolute atomic E-state index is 13.0. The highest BCUT2D eigenvalue weighted by Crippen LogP contribution is 2.27. The smallest absolute Gasteiger partial charge is 0.259 e. The molecule has 0 fully saturated rings. The number of nitrogens with one attached hydrogen (secondary N) is 1. The van der Waals surface area contributed by atoms with Crippen LogP contribution in [0.1, 0.15) is 34.6 Å². The summed E-state index contributed by atoms with van der Waals surface area (Å²) in [6.07, 6.45) is 4.95. The van der Waals surface area contributed by atoms with Crippen LogP contribution in [0.3, 0.4) is 0 Å². The van der Waals surface area contributed by atoms with E-state index in [0.717, 1.165) is 5.56 Å². The first-order chi connectivity index (χ1) is 12.6. The van der Waals surface area contributed by atoms with Crippen molar-refractivity contribution in [2.24, 2.45) is 0 Å². The second-order valence-electron chi connectivity index (χ2n) is 5.96. The minimum atomic E-state index is -0.235. The van der Waals surface area contributed by atoms with Gasteiger partial charge in [0, 0.05) is 12.4 Å². The molecule has 0 aliphatic heterocycles. The first-order valence-corrected chi connectivity index (χ1v) is 8.15. The summed E-state index contributed by atoms with van der Waals surface area (Å²) in [7, 11) is 0. The van der Waals surface area contributed by atoms with E-state index in [4.69, 9.17) is 8.94 Å². The van der Waals surface area contributed by atoms with Crippen LogP contribution in [-0.4, -0.2) is 21.0 Å². The third kappa shape index (κ3) is 2.83. The van der Waals surface area contributed by atoms with Gasteiger partial charge < -0.3 is 14.3 Å². The number of carbonyl (C=O) groups excluding carboxylic acids is 1. The van der Waals surface area contributed by atoms with Gasteiger partial charge in [0.2, 0.25) is 0 Å². The number of fused-ring (bicyclic) bond motifs is 1. The van der Waals surface area contributed by atoms with E-state index in [1.165, 1.54) is 0 Å². The average Bonchev–Trinajstić information content (AvgIpc) is 3.32. The van der Waals surface area contributed by atoms with Crippen LogP contribution in [0.2, 0.25) is 0 Å². The molecule has 0 saturated carbocycles. The van der Waals surface area contributed by atoms with Crippen molar-refractivity contribution in [1.82, 2.24) is 20.4 Å². The summed E-state index contributed by atoms with van der Waals surface area (Å²) in [4.78, 5) is 21.4. The van der Waals surface area contributed by atoms with Crippen LogP contribution in [0.5, 0.6) is 0 Å². The highest BCUT2D eigenvalue weighted by molar-refractivity contribution is 6.07. The molecule has 0 spiro atoms. The van der Waals surface area contributed by atoms with Crippen LogP contribution in [-0.2, 0) is 0 Å².